The molecule has 0 aliphatic rings. The Labute approximate surface area is 128 Å². The monoisotopic (exact) mass is 312 g/mol. The van der Waals surface area contributed by atoms with Crippen LogP contribution in [0.4, 0.5) is 4.39 Å². The molecule has 0 saturated carbocycles. The predicted molar refractivity (Wildman–Crippen MR) is 80.8 cm³/mol. The Morgan fingerprint density at radius 1 is 0.900 bits per heavy atom. The summed E-state index contributed by atoms with van der Waals surface area (Å²) in [5, 5.41) is 10.3. The van der Waals surface area contributed by atoms with Crippen LogP contribution >= 0.6 is 23.2 Å². The topological polar surface area (TPSA) is 20.2 Å². The summed E-state index contributed by atoms with van der Waals surface area (Å²) in [6, 6.07) is 12.4. The first-order chi connectivity index (χ1) is 9.61. The number of aliphatic hydroxyl groups excluding tert-OH is 1. The summed E-state index contributed by atoms with van der Waals surface area (Å²) in [6.45, 7) is -0.0306. The molecule has 106 valence electrons. The maximum Gasteiger partial charge on any atom is 0.144 e. The fourth-order valence-electron chi connectivity index (χ4n) is 2.19. The summed E-state index contributed by atoms with van der Waals surface area (Å²) in [5.74, 6) is -0.505. The molecule has 0 heterocycles. The van der Waals surface area contributed by atoms with Gasteiger partial charge in [-0.3, -0.25) is 0 Å². The predicted octanol–water partition coefficient (Wildman–Crippen LogP) is 4.53. The van der Waals surface area contributed by atoms with E-state index in [4.69, 9.17) is 23.2 Å². The highest BCUT2D eigenvalue weighted by molar-refractivity contribution is 6.31. The zero-order chi connectivity index (χ0) is 14.5. The van der Waals surface area contributed by atoms with Crippen LogP contribution in [0.2, 0.25) is 10.0 Å². The van der Waals surface area contributed by atoms with Crippen molar-refractivity contribution >= 4 is 23.2 Å². The zero-order valence-electron chi connectivity index (χ0n) is 10.8. The van der Waals surface area contributed by atoms with Crippen LogP contribution in [0.15, 0.2) is 42.5 Å². The van der Waals surface area contributed by atoms with E-state index < -0.39 is 5.82 Å². The second-order valence-electron chi connectivity index (χ2n) is 4.76. The zero-order valence-corrected chi connectivity index (χ0v) is 12.3. The molecule has 0 amide bonds. The van der Waals surface area contributed by atoms with Crippen LogP contribution in [0.25, 0.3) is 0 Å². The van der Waals surface area contributed by atoms with Crippen molar-refractivity contribution in [1.82, 2.24) is 0 Å². The number of rotatable bonds is 5. The molecule has 1 nitrogen and oxygen atoms in total. The van der Waals surface area contributed by atoms with Crippen LogP contribution in [-0.4, -0.2) is 11.7 Å². The highest BCUT2D eigenvalue weighted by Gasteiger charge is 2.15. The Bertz CT molecular complexity index is 586. The molecular formula is C16H15Cl2FO. The minimum atomic E-state index is -0.410. The maximum atomic E-state index is 13.9. The summed E-state index contributed by atoms with van der Waals surface area (Å²) in [7, 11) is 0. The van der Waals surface area contributed by atoms with Gasteiger partial charge in [-0.05, 0) is 42.0 Å². The van der Waals surface area contributed by atoms with Crippen molar-refractivity contribution in [2.24, 2.45) is 5.92 Å². The maximum absolute atomic E-state index is 13.9. The first-order valence-electron chi connectivity index (χ1n) is 6.39. The van der Waals surface area contributed by atoms with Gasteiger partial charge in [0, 0.05) is 11.6 Å². The van der Waals surface area contributed by atoms with Crippen LogP contribution in [0.1, 0.15) is 11.1 Å². The van der Waals surface area contributed by atoms with Gasteiger partial charge in [-0.1, -0.05) is 53.5 Å². The molecule has 1 N–H and O–H groups in total. The van der Waals surface area contributed by atoms with Gasteiger partial charge in [0.05, 0.1) is 5.02 Å². The van der Waals surface area contributed by atoms with Crippen LogP contribution in [0.3, 0.4) is 0 Å². The summed E-state index contributed by atoms with van der Waals surface area (Å²) in [4.78, 5) is 0. The molecular weight excluding hydrogens is 298 g/mol. The van der Waals surface area contributed by atoms with Gasteiger partial charge in [-0.15, -0.1) is 0 Å². The molecule has 0 aliphatic heterocycles. The van der Waals surface area contributed by atoms with Gasteiger partial charge >= 0.3 is 0 Å². The molecule has 0 fully saturated rings. The molecule has 1 atom stereocenters. The van der Waals surface area contributed by atoms with E-state index in [1.807, 2.05) is 24.3 Å². The van der Waals surface area contributed by atoms with E-state index in [1.165, 1.54) is 6.07 Å². The van der Waals surface area contributed by atoms with E-state index in [0.29, 0.717) is 23.4 Å². The van der Waals surface area contributed by atoms with Crippen molar-refractivity contribution in [1.29, 1.82) is 0 Å². The second kappa shape index (κ2) is 7.07. The van der Waals surface area contributed by atoms with Crippen molar-refractivity contribution in [3.8, 4) is 0 Å². The minimum Gasteiger partial charge on any atom is -0.396 e. The summed E-state index contributed by atoms with van der Waals surface area (Å²) in [5.41, 5.74) is 1.47. The SMILES string of the molecule is OCC(Cc1ccccc1Cl)Cc1cccc(Cl)c1F. The molecule has 0 spiro atoms. The number of hydrogen-bond acceptors (Lipinski definition) is 1. The van der Waals surface area contributed by atoms with Gasteiger partial charge in [-0.25, -0.2) is 4.39 Å². The third kappa shape index (κ3) is 3.72. The van der Waals surface area contributed by atoms with E-state index in [1.54, 1.807) is 12.1 Å². The molecule has 2 aromatic carbocycles. The fourth-order valence-corrected chi connectivity index (χ4v) is 2.60. The van der Waals surface area contributed by atoms with E-state index in [9.17, 15) is 9.50 Å². The standard InChI is InChI=1S/C16H15Cl2FO/c17-14-6-2-1-4-12(14)8-11(10-20)9-13-5-3-7-15(18)16(13)19/h1-7,11,20H,8-10H2. The van der Waals surface area contributed by atoms with E-state index >= 15 is 0 Å². The molecule has 0 bridgehead atoms. The van der Waals surface area contributed by atoms with Gasteiger partial charge < -0.3 is 5.11 Å². The average molecular weight is 313 g/mol. The van der Waals surface area contributed by atoms with Crippen LogP contribution < -0.4 is 0 Å². The molecule has 2 rings (SSSR count). The van der Waals surface area contributed by atoms with E-state index in [2.05, 4.69) is 0 Å². The molecule has 1 unspecified atom stereocenters. The summed E-state index contributed by atoms with van der Waals surface area (Å²) in [6.07, 6.45) is 1.02. The van der Waals surface area contributed by atoms with Gasteiger partial charge in [0.2, 0.25) is 0 Å². The minimum absolute atomic E-state index is 0.0306. The Kier molecular flexibility index (Phi) is 5.41. The van der Waals surface area contributed by atoms with Gasteiger partial charge in [-0.2, -0.15) is 0 Å². The largest absolute Gasteiger partial charge is 0.396 e. The molecule has 20 heavy (non-hydrogen) atoms. The molecule has 2 aromatic rings. The summed E-state index contributed by atoms with van der Waals surface area (Å²) < 4.78 is 13.9. The number of hydrogen-bond donors (Lipinski definition) is 1. The Hall–Kier alpha value is -1.09. The first kappa shape index (κ1) is 15.3. The quantitative estimate of drug-likeness (QED) is 0.860. The number of halogens is 3. The van der Waals surface area contributed by atoms with Crippen molar-refractivity contribution in [2.75, 3.05) is 6.61 Å². The van der Waals surface area contributed by atoms with E-state index in [0.717, 1.165) is 5.56 Å². The number of aliphatic hydroxyl groups is 1. The van der Waals surface area contributed by atoms with Gasteiger partial charge in [0.15, 0.2) is 0 Å². The van der Waals surface area contributed by atoms with Crippen molar-refractivity contribution in [2.45, 2.75) is 12.8 Å². The Morgan fingerprint density at radius 3 is 2.20 bits per heavy atom. The van der Waals surface area contributed by atoms with Crippen molar-refractivity contribution in [3.05, 3.63) is 69.5 Å². The summed E-state index contributed by atoms with van der Waals surface area (Å²) >= 11 is 11.9. The third-order valence-electron chi connectivity index (χ3n) is 3.26. The fraction of sp³-hybridized carbons (Fsp3) is 0.250. The molecule has 0 saturated heterocycles. The molecule has 0 aliphatic carbocycles. The second-order valence-corrected chi connectivity index (χ2v) is 5.58. The Morgan fingerprint density at radius 2 is 1.50 bits per heavy atom. The first-order valence-corrected chi connectivity index (χ1v) is 7.14. The number of benzene rings is 2. The molecule has 0 radical (unpaired) electrons. The lowest BCUT2D eigenvalue weighted by Gasteiger charge is -2.16. The smallest absolute Gasteiger partial charge is 0.144 e. The van der Waals surface area contributed by atoms with Gasteiger partial charge in [0.25, 0.3) is 0 Å². The van der Waals surface area contributed by atoms with Crippen LogP contribution in [0.5, 0.6) is 0 Å². The molecule has 4 heteroatoms. The van der Waals surface area contributed by atoms with Crippen molar-refractivity contribution in [3.63, 3.8) is 0 Å². The van der Waals surface area contributed by atoms with Crippen LogP contribution in [0, 0.1) is 11.7 Å². The third-order valence-corrected chi connectivity index (χ3v) is 3.93. The van der Waals surface area contributed by atoms with Gasteiger partial charge in [0.1, 0.15) is 5.82 Å². The van der Waals surface area contributed by atoms with Crippen molar-refractivity contribution < 1.29 is 9.50 Å². The molecule has 0 aromatic heterocycles. The lowest BCUT2D eigenvalue weighted by atomic mass is 9.93. The lowest BCUT2D eigenvalue weighted by Crippen LogP contribution is -2.14. The highest BCUT2D eigenvalue weighted by atomic mass is 35.5. The van der Waals surface area contributed by atoms with Crippen LogP contribution in [-0.2, 0) is 12.8 Å². The Balaban J connectivity index is 2.14. The average Bonchev–Trinajstić information content (AvgIpc) is 2.45. The highest BCUT2D eigenvalue weighted by Crippen LogP contribution is 2.24. The van der Waals surface area contributed by atoms with E-state index in [-0.39, 0.29) is 17.5 Å². The lowest BCUT2D eigenvalue weighted by molar-refractivity contribution is 0.224. The normalized spacial score (nSPS) is 12.4.